The van der Waals surface area contributed by atoms with E-state index in [1.165, 1.54) is 18.7 Å². The van der Waals surface area contributed by atoms with Gasteiger partial charge in [-0.1, -0.05) is 0 Å². The van der Waals surface area contributed by atoms with Gasteiger partial charge in [-0.15, -0.1) is 0 Å². The molecule has 11 heteroatoms. The second-order valence-corrected chi connectivity index (χ2v) is 7.56. The molecule has 11 nitrogen and oxygen atoms in total. The van der Waals surface area contributed by atoms with Gasteiger partial charge in [0.2, 0.25) is 0 Å². The minimum Gasteiger partial charge on any atom is -0.354 e. The van der Waals surface area contributed by atoms with Crippen molar-refractivity contribution in [2.24, 2.45) is 0 Å². The van der Waals surface area contributed by atoms with Crippen molar-refractivity contribution in [3.8, 4) is 11.3 Å². The molecule has 0 aromatic carbocycles. The summed E-state index contributed by atoms with van der Waals surface area (Å²) < 4.78 is 0. The number of nitrogens with one attached hydrogen (secondary N) is 3. The fourth-order valence-corrected chi connectivity index (χ4v) is 3.57. The predicted octanol–water partition coefficient (Wildman–Crippen LogP) is 2.13. The van der Waals surface area contributed by atoms with Crippen LogP contribution in [0.4, 0.5) is 23.1 Å². The van der Waals surface area contributed by atoms with E-state index >= 15 is 0 Å². The minimum atomic E-state index is -0.320. The van der Waals surface area contributed by atoms with Crippen molar-refractivity contribution < 1.29 is 4.79 Å². The average Bonchev–Trinajstić information content (AvgIpc) is 2.90. The lowest BCUT2D eigenvalue weighted by Gasteiger charge is -2.28. The lowest BCUT2D eigenvalue weighted by molar-refractivity contribution is 0.102. The van der Waals surface area contributed by atoms with Crippen LogP contribution in [0.5, 0.6) is 0 Å². The summed E-state index contributed by atoms with van der Waals surface area (Å²) in [6, 6.07) is 7.46. The van der Waals surface area contributed by atoms with Crippen LogP contribution < -0.4 is 20.9 Å². The molecule has 0 saturated carbocycles. The molecule has 1 aliphatic rings. The van der Waals surface area contributed by atoms with Gasteiger partial charge in [0.15, 0.2) is 0 Å². The number of hydrogen-bond donors (Lipinski definition) is 3. The first kappa shape index (κ1) is 21.3. The largest absolute Gasteiger partial charge is 0.354 e. The fraction of sp³-hybridized carbons (Fsp3) is 0.174. The Kier molecular flexibility index (Phi) is 6.25. The van der Waals surface area contributed by atoms with E-state index in [2.05, 4.69) is 45.8 Å². The Hall–Kier alpha value is -4.51. The highest BCUT2D eigenvalue weighted by molar-refractivity contribution is 6.04. The number of piperazine rings is 1. The summed E-state index contributed by atoms with van der Waals surface area (Å²) in [5, 5.41) is 9.40. The number of aromatic nitrogens is 6. The Morgan fingerprint density at radius 3 is 2.56 bits per heavy atom. The maximum atomic E-state index is 12.7. The zero-order valence-electron chi connectivity index (χ0n) is 18.2. The summed E-state index contributed by atoms with van der Waals surface area (Å²) in [7, 11) is 0. The lowest BCUT2D eigenvalue weighted by atomic mass is 10.1. The first-order chi connectivity index (χ1) is 16.7. The molecule has 5 heterocycles. The zero-order chi connectivity index (χ0) is 23.2. The Labute approximate surface area is 195 Å². The van der Waals surface area contributed by atoms with Crippen molar-refractivity contribution in [3.63, 3.8) is 0 Å². The lowest BCUT2D eigenvalue weighted by Crippen LogP contribution is -2.43. The molecule has 1 aliphatic heterocycles. The third-order valence-electron chi connectivity index (χ3n) is 5.21. The molecule has 170 valence electrons. The molecular weight excluding hydrogens is 432 g/mol. The van der Waals surface area contributed by atoms with Gasteiger partial charge >= 0.3 is 0 Å². The van der Waals surface area contributed by atoms with Gasteiger partial charge in [0.1, 0.15) is 23.8 Å². The fourth-order valence-electron chi connectivity index (χ4n) is 3.57. The van der Waals surface area contributed by atoms with E-state index in [0.29, 0.717) is 28.6 Å². The molecule has 0 unspecified atom stereocenters. The van der Waals surface area contributed by atoms with Crippen LogP contribution in [0.15, 0.2) is 67.8 Å². The SMILES string of the molecule is O=C(Nc1cc(Nc2cnccn2)nc(-c2ccnc(N3CCNCC3)c2)c1)c1cncnc1. The van der Waals surface area contributed by atoms with E-state index < -0.39 is 0 Å². The van der Waals surface area contributed by atoms with Crippen LogP contribution in [-0.2, 0) is 0 Å². The summed E-state index contributed by atoms with van der Waals surface area (Å²) in [5.74, 6) is 1.62. The maximum absolute atomic E-state index is 12.7. The number of carbonyl (C=O) groups is 1. The van der Waals surface area contributed by atoms with Crippen molar-refractivity contribution in [1.82, 2.24) is 35.2 Å². The van der Waals surface area contributed by atoms with E-state index in [4.69, 9.17) is 4.98 Å². The topological polar surface area (TPSA) is 134 Å². The highest BCUT2D eigenvalue weighted by atomic mass is 16.1. The molecule has 5 rings (SSSR count). The quantitative estimate of drug-likeness (QED) is 0.398. The Balaban J connectivity index is 1.49. The van der Waals surface area contributed by atoms with Gasteiger partial charge in [0.05, 0.1) is 17.5 Å². The number of anilines is 4. The van der Waals surface area contributed by atoms with Crippen LogP contribution >= 0.6 is 0 Å². The number of pyridine rings is 2. The second-order valence-electron chi connectivity index (χ2n) is 7.56. The van der Waals surface area contributed by atoms with Gasteiger partial charge in [-0.25, -0.2) is 24.9 Å². The smallest absolute Gasteiger partial charge is 0.258 e. The Morgan fingerprint density at radius 1 is 0.912 bits per heavy atom. The molecule has 0 radical (unpaired) electrons. The minimum absolute atomic E-state index is 0.320. The summed E-state index contributed by atoms with van der Waals surface area (Å²) in [6.07, 6.45) is 10.9. The van der Waals surface area contributed by atoms with Gasteiger partial charge in [-0.3, -0.25) is 9.78 Å². The van der Waals surface area contributed by atoms with E-state index in [9.17, 15) is 4.79 Å². The highest BCUT2D eigenvalue weighted by Crippen LogP contribution is 2.27. The number of carbonyl (C=O) groups excluding carboxylic acids is 1. The summed E-state index contributed by atoms with van der Waals surface area (Å²) >= 11 is 0. The van der Waals surface area contributed by atoms with Crippen molar-refractivity contribution >= 4 is 29.0 Å². The number of nitrogens with zero attached hydrogens (tertiary/aromatic N) is 7. The van der Waals surface area contributed by atoms with Crippen LogP contribution in [0.3, 0.4) is 0 Å². The van der Waals surface area contributed by atoms with Crippen LogP contribution in [0.1, 0.15) is 10.4 Å². The van der Waals surface area contributed by atoms with Gasteiger partial charge < -0.3 is 20.9 Å². The van der Waals surface area contributed by atoms with Gasteiger partial charge in [0, 0.05) is 74.5 Å². The third kappa shape index (κ3) is 5.10. The zero-order valence-corrected chi connectivity index (χ0v) is 18.2. The van der Waals surface area contributed by atoms with E-state index in [1.807, 2.05) is 18.2 Å². The molecule has 3 N–H and O–H groups in total. The second kappa shape index (κ2) is 9.96. The number of hydrogen-bond acceptors (Lipinski definition) is 10. The Morgan fingerprint density at radius 2 is 1.76 bits per heavy atom. The van der Waals surface area contributed by atoms with E-state index in [1.54, 1.807) is 30.9 Å². The van der Waals surface area contributed by atoms with Crippen molar-refractivity contribution in [2.45, 2.75) is 0 Å². The average molecular weight is 454 g/mol. The van der Waals surface area contributed by atoms with Gasteiger partial charge in [-0.05, 0) is 18.2 Å². The summed E-state index contributed by atoms with van der Waals surface area (Å²) in [6.45, 7) is 3.61. The molecule has 4 aromatic rings. The highest BCUT2D eigenvalue weighted by Gasteiger charge is 2.15. The molecule has 0 atom stereocenters. The van der Waals surface area contributed by atoms with Crippen molar-refractivity contribution in [2.75, 3.05) is 41.7 Å². The summed E-state index contributed by atoms with van der Waals surface area (Å²) in [5.41, 5.74) is 2.47. The number of rotatable bonds is 6. The van der Waals surface area contributed by atoms with Crippen LogP contribution in [0.2, 0.25) is 0 Å². The van der Waals surface area contributed by atoms with Crippen LogP contribution in [0, 0.1) is 0 Å². The molecule has 1 fully saturated rings. The molecule has 34 heavy (non-hydrogen) atoms. The molecular formula is C23H22N10O. The van der Waals surface area contributed by atoms with Crippen LogP contribution in [0.25, 0.3) is 11.3 Å². The monoisotopic (exact) mass is 454 g/mol. The first-order valence-corrected chi connectivity index (χ1v) is 10.8. The molecule has 0 bridgehead atoms. The summed E-state index contributed by atoms with van der Waals surface area (Å²) in [4.78, 5) is 40.4. The van der Waals surface area contributed by atoms with E-state index in [0.717, 1.165) is 37.6 Å². The first-order valence-electron chi connectivity index (χ1n) is 10.8. The van der Waals surface area contributed by atoms with Gasteiger partial charge in [-0.2, -0.15) is 0 Å². The normalized spacial score (nSPS) is 13.4. The van der Waals surface area contributed by atoms with Crippen molar-refractivity contribution in [1.29, 1.82) is 0 Å². The van der Waals surface area contributed by atoms with Crippen LogP contribution in [-0.4, -0.2) is 62.0 Å². The predicted molar refractivity (Wildman–Crippen MR) is 128 cm³/mol. The molecule has 0 spiro atoms. The number of amides is 1. The third-order valence-corrected chi connectivity index (χ3v) is 5.21. The molecule has 4 aromatic heterocycles. The maximum Gasteiger partial charge on any atom is 0.258 e. The standard InChI is InChI=1S/C23H22N10O/c34-23(17-12-26-15-27-13-17)30-18-10-19(31-20(11-18)32-21-14-25-3-4-28-21)16-1-2-29-22(9-16)33-7-5-24-6-8-33/h1-4,9-15,24H,5-8H2,(H2,28,30,31,32,34). The van der Waals surface area contributed by atoms with E-state index in [-0.39, 0.29) is 5.91 Å². The van der Waals surface area contributed by atoms with Crippen molar-refractivity contribution in [3.05, 3.63) is 73.3 Å². The molecule has 1 amide bonds. The Bertz CT molecular complexity index is 1260. The molecule has 0 aliphatic carbocycles. The van der Waals surface area contributed by atoms with Gasteiger partial charge in [0.25, 0.3) is 5.91 Å². The molecule has 1 saturated heterocycles.